The zero-order valence-electron chi connectivity index (χ0n) is 10.4. The molecule has 0 unspecified atom stereocenters. The fourth-order valence-electron chi connectivity index (χ4n) is 1.37. The van der Waals surface area contributed by atoms with Gasteiger partial charge in [-0.1, -0.05) is 23.2 Å². The molecule has 0 atom stereocenters. The highest BCUT2D eigenvalue weighted by Gasteiger charge is 2.20. The van der Waals surface area contributed by atoms with Crippen LogP contribution in [0.15, 0.2) is 12.1 Å². The molecule has 0 aliphatic heterocycles. The minimum absolute atomic E-state index is 0.102. The number of ether oxygens (including phenoxy) is 3. The van der Waals surface area contributed by atoms with Gasteiger partial charge in [-0.2, -0.15) is 0 Å². The Morgan fingerprint density at radius 2 is 1.89 bits per heavy atom. The monoisotopic (exact) mass is 307 g/mol. The normalized spacial score (nSPS) is 10.3. The maximum absolute atomic E-state index is 11.9. The molecule has 0 amide bonds. The van der Waals surface area contributed by atoms with Crippen LogP contribution in [0, 0.1) is 0 Å². The Bertz CT molecular complexity index is 440. The van der Waals surface area contributed by atoms with Crippen LogP contribution >= 0.6 is 23.2 Å². The summed E-state index contributed by atoms with van der Waals surface area (Å²) in [6.45, 7) is 1.20. The molecule has 106 valence electrons. The summed E-state index contributed by atoms with van der Waals surface area (Å²) in [7, 11) is 1.40. The molecule has 5 nitrogen and oxygen atoms in total. The summed E-state index contributed by atoms with van der Waals surface area (Å²) in [4.78, 5) is 11.9. The molecule has 0 bridgehead atoms. The molecule has 0 aliphatic carbocycles. The first-order valence-electron chi connectivity index (χ1n) is 5.58. The molecule has 0 radical (unpaired) electrons. The lowest BCUT2D eigenvalue weighted by atomic mass is 10.2. The largest absolute Gasteiger partial charge is 0.494 e. The minimum atomic E-state index is -0.610. The van der Waals surface area contributed by atoms with E-state index >= 15 is 0 Å². The molecular weight excluding hydrogens is 293 g/mol. The standard InChI is InChI=1S/C12H15Cl2NO4/c1-17-11-9(14)3-2-8(13)10(11)12(16)19-7-6-18-5-4-15/h2-3H,4-7,15H2,1H3. The van der Waals surface area contributed by atoms with E-state index in [0.29, 0.717) is 18.2 Å². The van der Waals surface area contributed by atoms with Gasteiger partial charge in [-0.05, 0) is 12.1 Å². The van der Waals surface area contributed by atoms with E-state index in [2.05, 4.69) is 0 Å². The van der Waals surface area contributed by atoms with Crippen LogP contribution in [-0.4, -0.2) is 39.4 Å². The maximum Gasteiger partial charge on any atom is 0.343 e. The van der Waals surface area contributed by atoms with Crippen molar-refractivity contribution in [3.63, 3.8) is 0 Å². The van der Waals surface area contributed by atoms with Gasteiger partial charge in [0, 0.05) is 6.54 Å². The van der Waals surface area contributed by atoms with E-state index in [1.165, 1.54) is 13.2 Å². The van der Waals surface area contributed by atoms with Crippen molar-refractivity contribution in [3.8, 4) is 5.75 Å². The summed E-state index contributed by atoms with van der Waals surface area (Å²) in [5, 5.41) is 0.507. The SMILES string of the molecule is COc1c(Cl)ccc(Cl)c1C(=O)OCCOCCN. The third kappa shape index (κ3) is 4.54. The van der Waals surface area contributed by atoms with Gasteiger partial charge in [-0.3, -0.25) is 0 Å². The van der Waals surface area contributed by atoms with E-state index in [9.17, 15) is 4.79 Å². The Morgan fingerprint density at radius 1 is 1.21 bits per heavy atom. The molecule has 2 N–H and O–H groups in total. The van der Waals surface area contributed by atoms with Crippen molar-refractivity contribution in [2.24, 2.45) is 5.73 Å². The van der Waals surface area contributed by atoms with E-state index < -0.39 is 5.97 Å². The number of halogens is 2. The number of esters is 1. The highest BCUT2D eigenvalue weighted by atomic mass is 35.5. The van der Waals surface area contributed by atoms with Crippen LogP contribution in [0.25, 0.3) is 0 Å². The lowest BCUT2D eigenvalue weighted by Gasteiger charge is -2.11. The van der Waals surface area contributed by atoms with Crippen LogP contribution in [0.5, 0.6) is 5.75 Å². The smallest absolute Gasteiger partial charge is 0.343 e. The second-order valence-electron chi connectivity index (χ2n) is 3.47. The topological polar surface area (TPSA) is 70.8 Å². The van der Waals surface area contributed by atoms with Gasteiger partial charge >= 0.3 is 5.97 Å². The zero-order chi connectivity index (χ0) is 14.3. The van der Waals surface area contributed by atoms with Crippen molar-refractivity contribution in [1.29, 1.82) is 0 Å². The third-order valence-corrected chi connectivity index (χ3v) is 2.80. The van der Waals surface area contributed by atoms with E-state index in [1.54, 1.807) is 6.07 Å². The van der Waals surface area contributed by atoms with E-state index in [-0.39, 0.29) is 29.5 Å². The second-order valence-corrected chi connectivity index (χ2v) is 4.29. The average Bonchev–Trinajstić information content (AvgIpc) is 2.40. The van der Waals surface area contributed by atoms with Gasteiger partial charge in [0.25, 0.3) is 0 Å². The Balaban J connectivity index is 2.68. The highest BCUT2D eigenvalue weighted by molar-refractivity contribution is 6.37. The Labute approximate surface area is 121 Å². The Kier molecular flexibility index (Phi) is 6.94. The quantitative estimate of drug-likeness (QED) is 0.617. The number of nitrogens with two attached hydrogens (primary N) is 1. The lowest BCUT2D eigenvalue weighted by Crippen LogP contribution is -2.15. The minimum Gasteiger partial charge on any atom is -0.494 e. The van der Waals surface area contributed by atoms with Crippen LogP contribution in [0.4, 0.5) is 0 Å². The molecule has 1 aromatic rings. The lowest BCUT2D eigenvalue weighted by molar-refractivity contribution is 0.0326. The van der Waals surface area contributed by atoms with Crippen molar-refractivity contribution in [2.75, 3.05) is 33.5 Å². The van der Waals surface area contributed by atoms with Crippen molar-refractivity contribution in [2.45, 2.75) is 0 Å². The number of methoxy groups -OCH3 is 1. The van der Waals surface area contributed by atoms with E-state index in [4.69, 9.17) is 43.1 Å². The number of rotatable bonds is 7. The molecule has 19 heavy (non-hydrogen) atoms. The van der Waals surface area contributed by atoms with Crippen LogP contribution in [0.2, 0.25) is 10.0 Å². The van der Waals surface area contributed by atoms with E-state index in [0.717, 1.165) is 0 Å². The number of benzene rings is 1. The Hall–Kier alpha value is -1.01. The molecule has 7 heteroatoms. The summed E-state index contributed by atoms with van der Waals surface area (Å²) < 4.78 is 15.2. The van der Waals surface area contributed by atoms with Gasteiger partial charge in [-0.25, -0.2) is 4.79 Å². The molecule has 1 aromatic carbocycles. The molecular formula is C12H15Cl2NO4. The van der Waals surface area contributed by atoms with E-state index in [1.807, 2.05) is 0 Å². The van der Waals surface area contributed by atoms with Crippen LogP contribution < -0.4 is 10.5 Å². The summed E-state index contributed by atoms with van der Waals surface area (Å²) in [6.07, 6.45) is 0. The molecule has 0 heterocycles. The summed E-state index contributed by atoms with van der Waals surface area (Å²) >= 11 is 11.9. The van der Waals surface area contributed by atoms with Gasteiger partial charge in [0.15, 0.2) is 5.75 Å². The number of hydrogen-bond acceptors (Lipinski definition) is 5. The first-order valence-corrected chi connectivity index (χ1v) is 6.34. The van der Waals surface area contributed by atoms with Crippen molar-refractivity contribution >= 4 is 29.2 Å². The summed E-state index contributed by atoms with van der Waals surface area (Å²) in [6, 6.07) is 3.05. The van der Waals surface area contributed by atoms with Crippen LogP contribution in [0.3, 0.4) is 0 Å². The second kappa shape index (κ2) is 8.22. The number of carbonyl (C=O) groups is 1. The van der Waals surface area contributed by atoms with Crippen molar-refractivity contribution < 1.29 is 19.0 Å². The zero-order valence-corrected chi connectivity index (χ0v) is 12.0. The van der Waals surface area contributed by atoms with Gasteiger partial charge in [0.1, 0.15) is 12.2 Å². The third-order valence-electron chi connectivity index (χ3n) is 2.19. The van der Waals surface area contributed by atoms with Crippen LogP contribution in [0.1, 0.15) is 10.4 Å². The fraction of sp³-hybridized carbons (Fsp3) is 0.417. The predicted molar refractivity (Wildman–Crippen MR) is 73.2 cm³/mol. The maximum atomic E-state index is 11.9. The highest BCUT2D eigenvalue weighted by Crippen LogP contribution is 2.34. The predicted octanol–water partition coefficient (Wildman–Crippen LogP) is 2.13. The summed E-state index contributed by atoms with van der Waals surface area (Å²) in [5.74, 6) is -0.414. The first kappa shape index (κ1) is 16.0. The van der Waals surface area contributed by atoms with Crippen LogP contribution in [-0.2, 0) is 9.47 Å². The van der Waals surface area contributed by atoms with Gasteiger partial charge in [0.2, 0.25) is 0 Å². The first-order chi connectivity index (χ1) is 9.11. The molecule has 0 fully saturated rings. The van der Waals surface area contributed by atoms with Gasteiger partial charge in [-0.15, -0.1) is 0 Å². The molecule has 0 spiro atoms. The number of hydrogen-bond donors (Lipinski definition) is 1. The Morgan fingerprint density at radius 3 is 2.53 bits per heavy atom. The molecule has 0 saturated carbocycles. The molecule has 0 saturated heterocycles. The van der Waals surface area contributed by atoms with Gasteiger partial charge < -0.3 is 19.9 Å². The van der Waals surface area contributed by atoms with Crippen molar-refractivity contribution in [1.82, 2.24) is 0 Å². The molecule has 0 aromatic heterocycles. The summed E-state index contributed by atoms with van der Waals surface area (Å²) in [5.41, 5.74) is 5.36. The molecule has 0 aliphatic rings. The molecule has 1 rings (SSSR count). The van der Waals surface area contributed by atoms with Crippen molar-refractivity contribution in [3.05, 3.63) is 27.7 Å². The number of carbonyl (C=O) groups excluding carboxylic acids is 1. The van der Waals surface area contributed by atoms with Gasteiger partial charge in [0.05, 0.1) is 30.4 Å². The average molecular weight is 308 g/mol. The fourth-order valence-corrected chi connectivity index (χ4v) is 1.83.